The molecule has 1 atom stereocenters. The lowest BCUT2D eigenvalue weighted by Gasteiger charge is -2.37. The van der Waals surface area contributed by atoms with E-state index in [1.54, 1.807) is 0 Å². The predicted molar refractivity (Wildman–Crippen MR) is 87.9 cm³/mol. The number of nitrogens with one attached hydrogen (secondary N) is 3. The Balaban J connectivity index is 1.81. The molecule has 1 saturated heterocycles. The molecule has 3 N–H and O–H groups in total. The normalized spacial score (nSPS) is 19.7. The fraction of sp³-hybridized carbons (Fsp3) is 0.438. The van der Waals surface area contributed by atoms with E-state index in [4.69, 9.17) is 4.74 Å². The first-order chi connectivity index (χ1) is 11.9. The van der Waals surface area contributed by atoms with Gasteiger partial charge < -0.3 is 25.6 Å². The fourth-order valence-corrected chi connectivity index (χ4v) is 3.00. The molecule has 134 valence electrons. The maximum absolute atomic E-state index is 14.1. The summed E-state index contributed by atoms with van der Waals surface area (Å²) >= 11 is 0. The van der Waals surface area contributed by atoms with E-state index < -0.39 is 23.8 Å². The monoisotopic (exact) mass is 350 g/mol. The highest BCUT2D eigenvalue weighted by Gasteiger charge is 2.35. The number of ether oxygens (including phenoxy) is 1. The van der Waals surface area contributed by atoms with E-state index in [2.05, 4.69) is 16.0 Å². The van der Waals surface area contributed by atoms with E-state index >= 15 is 0 Å². The van der Waals surface area contributed by atoms with Crippen LogP contribution in [0.25, 0.3) is 0 Å². The maximum atomic E-state index is 14.1. The number of hydrogen-bond donors (Lipinski definition) is 3. The third-order valence-corrected chi connectivity index (χ3v) is 4.07. The fourth-order valence-electron chi connectivity index (χ4n) is 3.00. The van der Waals surface area contributed by atoms with E-state index in [0.717, 1.165) is 6.07 Å². The maximum Gasteiger partial charge on any atom is 0.322 e. The van der Waals surface area contributed by atoms with Crippen LogP contribution >= 0.6 is 0 Å². The van der Waals surface area contributed by atoms with Crippen molar-refractivity contribution in [1.82, 2.24) is 10.2 Å². The standard InChI is InChI=1S/C16H19FN4O4/c1-8(2)13-15(23)18-3-4-21(13)16(24)19-9-5-10(17)14-11(6-9)20-12(22)7-25-14/h5-6,8,13H,3-4,7H2,1-2H3,(H,18,23)(H,19,24)(H,20,22)/t13-/m0/s1. The van der Waals surface area contributed by atoms with Gasteiger partial charge in [0, 0.05) is 24.8 Å². The van der Waals surface area contributed by atoms with E-state index in [1.165, 1.54) is 11.0 Å². The number of amides is 4. The van der Waals surface area contributed by atoms with E-state index in [-0.39, 0.29) is 35.6 Å². The first-order valence-electron chi connectivity index (χ1n) is 7.98. The number of fused-ring (bicyclic) bond motifs is 1. The average Bonchev–Trinajstić information content (AvgIpc) is 2.53. The van der Waals surface area contributed by atoms with Crippen molar-refractivity contribution < 1.29 is 23.5 Å². The molecule has 1 aromatic rings. The number of carbonyl (C=O) groups is 3. The van der Waals surface area contributed by atoms with Crippen molar-refractivity contribution >= 4 is 29.2 Å². The topological polar surface area (TPSA) is 99.8 Å². The van der Waals surface area contributed by atoms with Gasteiger partial charge in [-0.05, 0) is 12.0 Å². The minimum atomic E-state index is -0.690. The van der Waals surface area contributed by atoms with Gasteiger partial charge in [0.1, 0.15) is 6.04 Å². The molecule has 0 aromatic heterocycles. The molecule has 8 nitrogen and oxygen atoms in total. The zero-order chi connectivity index (χ0) is 18.1. The van der Waals surface area contributed by atoms with Gasteiger partial charge in [0.25, 0.3) is 5.91 Å². The van der Waals surface area contributed by atoms with Gasteiger partial charge in [0.2, 0.25) is 5.91 Å². The number of carbonyl (C=O) groups excluding carboxylic acids is 3. The average molecular weight is 350 g/mol. The summed E-state index contributed by atoms with van der Waals surface area (Å²) in [7, 11) is 0. The minimum absolute atomic E-state index is 0.0602. The highest BCUT2D eigenvalue weighted by molar-refractivity contribution is 5.98. The molecule has 3 rings (SSSR count). The Bertz CT molecular complexity index is 737. The Morgan fingerprint density at radius 1 is 1.40 bits per heavy atom. The molecule has 0 saturated carbocycles. The van der Waals surface area contributed by atoms with Crippen molar-refractivity contribution in [2.24, 2.45) is 5.92 Å². The SMILES string of the molecule is CC(C)[C@H]1C(=O)NCCN1C(=O)Nc1cc(F)c2c(c1)NC(=O)CO2. The van der Waals surface area contributed by atoms with Crippen LogP contribution in [0.4, 0.5) is 20.6 Å². The number of benzene rings is 1. The Morgan fingerprint density at radius 3 is 2.88 bits per heavy atom. The van der Waals surface area contributed by atoms with Crippen LogP contribution in [-0.2, 0) is 9.59 Å². The molecule has 1 fully saturated rings. The van der Waals surface area contributed by atoms with E-state index in [9.17, 15) is 18.8 Å². The lowest BCUT2D eigenvalue weighted by Crippen LogP contribution is -2.60. The van der Waals surface area contributed by atoms with Crippen LogP contribution < -0.4 is 20.7 Å². The van der Waals surface area contributed by atoms with Gasteiger partial charge in [-0.1, -0.05) is 13.8 Å². The molecule has 25 heavy (non-hydrogen) atoms. The van der Waals surface area contributed by atoms with Gasteiger partial charge in [-0.3, -0.25) is 9.59 Å². The molecule has 1 aromatic carbocycles. The largest absolute Gasteiger partial charge is 0.478 e. The number of rotatable bonds is 2. The van der Waals surface area contributed by atoms with Gasteiger partial charge in [0.15, 0.2) is 18.2 Å². The van der Waals surface area contributed by atoms with Crippen LogP contribution in [0, 0.1) is 11.7 Å². The smallest absolute Gasteiger partial charge is 0.322 e. The number of urea groups is 1. The zero-order valence-electron chi connectivity index (χ0n) is 13.9. The van der Waals surface area contributed by atoms with Crippen molar-refractivity contribution in [2.45, 2.75) is 19.9 Å². The quantitative estimate of drug-likeness (QED) is 0.745. The van der Waals surface area contributed by atoms with Crippen LogP contribution in [0.1, 0.15) is 13.8 Å². The van der Waals surface area contributed by atoms with Crippen LogP contribution in [0.3, 0.4) is 0 Å². The summed E-state index contributed by atoms with van der Waals surface area (Å²) in [5.41, 5.74) is 0.323. The predicted octanol–water partition coefficient (Wildman–Crippen LogP) is 1.14. The summed E-state index contributed by atoms with van der Waals surface area (Å²) in [4.78, 5) is 37.4. The molecule has 0 aliphatic carbocycles. The zero-order valence-corrected chi connectivity index (χ0v) is 13.9. The number of nitrogens with zero attached hydrogens (tertiary/aromatic N) is 1. The molecule has 4 amide bonds. The molecule has 0 spiro atoms. The third kappa shape index (κ3) is 3.35. The second kappa shape index (κ2) is 6.58. The van der Waals surface area contributed by atoms with Crippen molar-refractivity contribution in [3.05, 3.63) is 17.9 Å². The number of halogens is 1. The second-order valence-electron chi connectivity index (χ2n) is 6.28. The van der Waals surface area contributed by atoms with E-state index in [1.807, 2.05) is 13.8 Å². The van der Waals surface area contributed by atoms with Crippen molar-refractivity contribution in [1.29, 1.82) is 0 Å². The van der Waals surface area contributed by atoms with Crippen LogP contribution in [0.15, 0.2) is 12.1 Å². The molecule has 0 radical (unpaired) electrons. The summed E-state index contributed by atoms with van der Waals surface area (Å²) in [6, 6.07) is 1.43. The summed E-state index contributed by atoms with van der Waals surface area (Å²) in [6.07, 6.45) is 0. The number of piperazine rings is 1. The van der Waals surface area contributed by atoms with Crippen LogP contribution in [0.2, 0.25) is 0 Å². The lowest BCUT2D eigenvalue weighted by molar-refractivity contribution is -0.129. The molecule has 2 heterocycles. The molecule has 0 unspecified atom stereocenters. The Kier molecular flexibility index (Phi) is 4.47. The van der Waals surface area contributed by atoms with Gasteiger partial charge >= 0.3 is 6.03 Å². The van der Waals surface area contributed by atoms with Crippen LogP contribution in [-0.4, -0.2) is 48.5 Å². The summed E-state index contributed by atoms with van der Waals surface area (Å²) in [5, 5.41) is 7.81. The molecule has 2 aliphatic rings. The van der Waals surface area contributed by atoms with Gasteiger partial charge in [-0.25, -0.2) is 9.18 Å². The molecule has 9 heteroatoms. The summed E-state index contributed by atoms with van der Waals surface area (Å²) in [6.45, 7) is 4.16. The molecule has 2 aliphatic heterocycles. The van der Waals surface area contributed by atoms with Gasteiger partial charge in [-0.2, -0.15) is 0 Å². The van der Waals surface area contributed by atoms with Gasteiger partial charge in [0.05, 0.1) is 5.69 Å². The first-order valence-corrected chi connectivity index (χ1v) is 7.98. The Hall–Kier alpha value is -2.84. The van der Waals surface area contributed by atoms with Crippen molar-refractivity contribution in [3.63, 3.8) is 0 Å². The lowest BCUT2D eigenvalue weighted by atomic mass is 10.00. The number of hydrogen-bond acceptors (Lipinski definition) is 4. The van der Waals surface area contributed by atoms with Crippen molar-refractivity contribution in [3.8, 4) is 5.75 Å². The Morgan fingerprint density at radius 2 is 2.16 bits per heavy atom. The second-order valence-corrected chi connectivity index (χ2v) is 6.28. The van der Waals surface area contributed by atoms with Crippen LogP contribution in [0.5, 0.6) is 5.75 Å². The Labute approximate surface area is 143 Å². The first kappa shape index (κ1) is 17.0. The highest BCUT2D eigenvalue weighted by Crippen LogP contribution is 2.34. The summed E-state index contributed by atoms with van der Waals surface area (Å²) in [5.74, 6) is -1.43. The summed E-state index contributed by atoms with van der Waals surface area (Å²) < 4.78 is 19.2. The highest BCUT2D eigenvalue weighted by atomic mass is 19.1. The third-order valence-electron chi connectivity index (χ3n) is 4.07. The molecular weight excluding hydrogens is 331 g/mol. The van der Waals surface area contributed by atoms with Crippen molar-refractivity contribution in [2.75, 3.05) is 30.3 Å². The van der Waals surface area contributed by atoms with Gasteiger partial charge in [-0.15, -0.1) is 0 Å². The van der Waals surface area contributed by atoms with E-state index in [0.29, 0.717) is 13.1 Å². The number of anilines is 2. The molecular formula is C16H19FN4O4. The molecule has 0 bridgehead atoms. The minimum Gasteiger partial charge on any atom is -0.478 e.